The van der Waals surface area contributed by atoms with Gasteiger partial charge in [-0.1, -0.05) is 18.2 Å². The Morgan fingerprint density at radius 1 is 1.00 bits per heavy atom. The molecule has 1 aliphatic heterocycles. The minimum atomic E-state index is -0.370. The van der Waals surface area contributed by atoms with Crippen molar-refractivity contribution in [2.45, 2.75) is 6.92 Å². The second kappa shape index (κ2) is 9.97. The van der Waals surface area contributed by atoms with Crippen molar-refractivity contribution in [2.75, 3.05) is 51.8 Å². The summed E-state index contributed by atoms with van der Waals surface area (Å²) in [4.78, 5) is 43.0. The van der Waals surface area contributed by atoms with Crippen LogP contribution in [0.1, 0.15) is 12.5 Å². The second-order valence-corrected chi connectivity index (χ2v) is 7.40. The van der Waals surface area contributed by atoms with Crippen LogP contribution in [0.5, 0.6) is 0 Å². The number of carbonyl (C=O) groups is 2. The molecule has 0 radical (unpaired) electrons. The van der Waals surface area contributed by atoms with Gasteiger partial charge in [-0.15, -0.1) is 0 Å². The van der Waals surface area contributed by atoms with Crippen molar-refractivity contribution in [1.29, 1.82) is 0 Å². The molecule has 1 aromatic carbocycles. The lowest BCUT2D eigenvalue weighted by atomic mass is 10.1. The number of hydrogen-bond donors (Lipinski definition) is 0. The van der Waals surface area contributed by atoms with Crippen LogP contribution in [0.2, 0.25) is 0 Å². The van der Waals surface area contributed by atoms with Crippen LogP contribution < -0.4 is 10.5 Å². The van der Waals surface area contributed by atoms with Crippen molar-refractivity contribution < 1.29 is 14.3 Å². The van der Waals surface area contributed by atoms with Gasteiger partial charge in [0.05, 0.1) is 6.61 Å². The summed E-state index contributed by atoms with van der Waals surface area (Å²) in [6.45, 7) is 3.59. The zero-order chi connectivity index (χ0) is 22.4. The Morgan fingerprint density at radius 3 is 2.23 bits per heavy atom. The number of rotatable bonds is 5. The summed E-state index contributed by atoms with van der Waals surface area (Å²) >= 11 is 0. The average molecular weight is 425 g/mol. The summed E-state index contributed by atoms with van der Waals surface area (Å²) in [7, 11) is 3.92. The Kier molecular flexibility index (Phi) is 7.12. The monoisotopic (exact) mass is 424 g/mol. The fourth-order valence-electron chi connectivity index (χ4n) is 3.36. The van der Waals surface area contributed by atoms with E-state index in [4.69, 9.17) is 4.74 Å². The number of ether oxygens (including phenoxy) is 1. The van der Waals surface area contributed by atoms with Crippen LogP contribution in [0.4, 0.5) is 10.5 Å². The molecular weight excluding hydrogens is 396 g/mol. The van der Waals surface area contributed by atoms with E-state index in [2.05, 4.69) is 0 Å². The van der Waals surface area contributed by atoms with Crippen LogP contribution >= 0.6 is 0 Å². The van der Waals surface area contributed by atoms with E-state index in [1.807, 2.05) is 43.3 Å². The highest BCUT2D eigenvalue weighted by molar-refractivity contribution is 6.18. The molecule has 0 bridgehead atoms. The van der Waals surface area contributed by atoms with Crippen LogP contribution in [0.25, 0.3) is 11.8 Å². The lowest BCUT2D eigenvalue weighted by molar-refractivity contribution is -0.126. The quantitative estimate of drug-likeness (QED) is 0.688. The summed E-state index contributed by atoms with van der Waals surface area (Å²) < 4.78 is 6.40. The number of hydrogen-bond acceptors (Lipinski definition) is 5. The number of benzene rings is 1. The van der Waals surface area contributed by atoms with Crippen LogP contribution in [0, 0.1) is 0 Å². The van der Waals surface area contributed by atoms with Gasteiger partial charge in [0, 0.05) is 58.2 Å². The number of aromatic nitrogens is 1. The van der Waals surface area contributed by atoms with E-state index in [9.17, 15) is 14.4 Å². The molecule has 0 atom stereocenters. The summed E-state index contributed by atoms with van der Waals surface area (Å²) in [5.41, 5.74) is 1.84. The zero-order valence-electron chi connectivity index (χ0n) is 18.2. The third-order valence-electron chi connectivity index (χ3n) is 5.11. The number of amides is 2. The number of pyridine rings is 1. The van der Waals surface area contributed by atoms with Gasteiger partial charge >= 0.3 is 6.09 Å². The maximum Gasteiger partial charge on any atom is 0.409 e. The SMILES string of the molecule is CCOC(=O)N1CCN(C(=O)C(=Cc2ccc(N(C)C)cc2)n2ccccc2=O)CC1. The van der Waals surface area contributed by atoms with E-state index in [-0.39, 0.29) is 23.3 Å². The van der Waals surface area contributed by atoms with Crippen molar-refractivity contribution in [1.82, 2.24) is 14.4 Å². The molecule has 1 aliphatic rings. The van der Waals surface area contributed by atoms with Crippen LogP contribution in [0.15, 0.2) is 53.5 Å². The smallest absolute Gasteiger partial charge is 0.409 e. The lowest BCUT2D eigenvalue weighted by Crippen LogP contribution is -2.51. The van der Waals surface area contributed by atoms with Crippen molar-refractivity contribution >= 4 is 29.5 Å². The van der Waals surface area contributed by atoms with Gasteiger partial charge in [0.2, 0.25) is 0 Å². The first kappa shape index (κ1) is 22.1. The lowest BCUT2D eigenvalue weighted by Gasteiger charge is -2.34. The Hall–Kier alpha value is -3.55. The molecule has 2 heterocycles. The molecule has 1 fully saturated rings. The maximum absolute atomic E-state index is 13.4. The first-order valence-electron chi connectivity index (χ1n) is 10.3. The number of piperazine rings is 1. The summed E-state index contributed by atoms with van der Waals surface area (Å²) in [6, 6.07) is 12.5. The van der Waals surface area contributed by atoms with Gasteiger partial charge in [-0.2, -0.15) is 0 Å². The van der Waals surface area contributed by atoms with Crippen LogP contribution in [0.3, 0.4) is 0 Å². The highest BCUT2D eigenvalue weighted by atomic mass is 16.6. The third kappa shape index (κ3) is 5.33. The van der Waals surface area contributed by atoms with Gasteiger partial charge in [0.15, 0.2) is 0 Å². The molecule has 1 saturated heterocycles. The molecule has 2 amide bonds. The third-order valence-corrected chi connectivity index (χ3v) is 5.11. The summed E-state index contributed by atoms with van der Waals surface area (Å²) in [5.74, 6) is -0.256. The normalized spacial score (nSPS) is 14.4. The molecule has 0 unspecified atom stereocenters. The summed E-state index contributed by atoms with van der Waals surface area (Å²) in [6.07, 6.45) is 2.95. The second-order valence-electron chi connectivity index (χ2n) is 7.40. The number of carbonyl (C=O) groups excluding carboxylic acids is 2. The van der Waals surface area contributed by atoms with Gasteiger partial charge in [-0.05, 0) is 36.8 Å². The van der Waals surface area contributed by atoms with E-state index < -0.39 is 0 Å². The Morgan fingerprint density at radius 2 is 1.65 bits per heavy atom. The van der Waals surface area contributed by atoms with E-state index in [1.165, 1.54) is 10.6 Å². The van der Waals surface area contributed by atoms with Crippen molar-refractivity contribution in [3.8, 4) is 0 Å². The molecule has 8 nitrogen and oxygen atoms in total. The largest absolute Gasteiger partial charge is 0.450 e. The molecule has 0 spiro atoms. The zero-order valence-corrected chi connectivity index (χ0v) is 18.2. The standard InChI is InChI=1S/C23H28N4O4/c1-4-31-23(30)26-15-13-25(14-16-26)22(29)20(27-12-6-5-7-21(27)28)17-18-8-10-19(11-9-18)24(2)3/h5-12,17H,4,13-16H2,1-3H3. The average Bonchev–Trinajstić information content (AvgIpc) is 2.78. The number of anilines is 1. The minimum absolute atomic E-state index is 0.256. The molecule has 164 valence electrons. The van der Waals surface area contributed by atoms with Gasteiger partial charge < -0.3 is 19.4 Å². The van der Waals surface area contributed by atoms with Crippen molar-refractivity contribution in [3.05, 3.63) is 64.6 Å². The molecule has 0 N–H and O–H groups in total. The topological polar surface area (TPSA) is 75.1 Å². The fraction of sp³-hybridized carbons (Fsp3) is 0.348. The van der Waals surface area contributed by atoms with Gasteiger partial charge in [-0.25, -0.2) is 4.79 Å². The van der Waals surface area contributed by atoms with Gasteiger partial charge in [0.25, 0.3) is 11.5 Å². The first-order chi connectivity index (χ1) is 14.9. The molecule has 0 aliphatic carbocycles. The maximum atomic E-state index is 13.4. The van der Waals surface area contributed by atoms with E-state index in [0.29, 0.717) is 32.8 Å². The predicted molar refractivity (Wildman–Crippen MR) is 121 cm³/mol. The highest BCUT2D eigenvalue weighted by Crippen LogP contribution is 2.18. The van der Waals surface area contributed by atoms with E-state index in [1.54, 1.807) is 41.1 Å². The fourth-order valence-corrected chi connectivity index (χ4v) is 3.36. The molecule has 31 heavy (non-hydrogen) atoms. The minimum Gasteiger partial charge on any atom is -0.450 e. The predicted octanol–water partition coefficient (Wildman–Crippen LogP) is 2.21. The molecule has 3 rings (SSSR count). The molecule has 2 aromatic rings. The van der Waals surface area contributed by atoms with E-state index in [0.717, 1.165) is 11.3 Å². The Bertz CT molecular complexity index is 1000. The van der Waals surface area contributed by atoms with Crippen molar-refractivity contribution in [3.63, 3.8) is 0 Å². The molecular formula is C23H28N4O4. The van der Waals surface area contributed by atoms with Gasteiger partial charge in [-0.3, -0.25) is 14.2 Å². The van der Waals surface area contributed by atoms with Crippen molar-refractivity contribution in [2.24, 2.45) is 0 Å². The first-order valence-corrected chi connectivity index (χ1v) is 10.3. The number of nitrogens with zero attached hydrogens (tertiary/aromatic N) is 4. The molecule has 0 saturated carbocycles. The van der Waals surface area contributed by atoms with Crippen LogP contribution in [-0.2, 0) is 9.53 Å². The van der Waals surface area contributed by atoms with Gasteiger partial charge in [0.1, 0.15) is 5.70 Å². The summed E-state index contributed by atoms with van der Waals surface area (Å²) in [5, 5.41) is 0. The highest BCUT2D eigenvalue weighted by Gasteiger charge is 2.27. The Labute approximate surface area is 181 Å². The Balaban J connectivity index is 1.87. The van der Waals surface area contributed by atoms with Crippen LogP contribution in [-0.4, -0.2) is 73.2 Å². The molecule has 1 aromatic heterocycles. The van der Waals surface area contributed by atoms with E-state index >= 15 is 0 Å². The molecule has 8 heteroatoms.